The van der Waals surface area contributed by atoms with Crippen LogP contribution in [0.5, 0.6) is 0 Å². The Balaban J connectivity index is 2.04. The molecule has 0 fully saturated rings. The van der Waals surface area contributed by atoms with Crippen molar-refractivity contribution in [1.29, 1.82) is 0 Å². The summed E-state index contributed by atoms with van der Waals surface area (Å²) in [5, 5.41) is 2.32. The molecule has 2 heteroatoms. The van der Waals surface area contributed by atoms with Crippen LogP contribution in [0.2, 0.25) is 14.8 Å². The van der Waals surface area contributed by atoms with E-state index in [0.717, 1.165) is 0 Å². The Kier molecular flexibility index (Phi) is 10.3. The summed E-state index contributed by atoms with van der Waals surface area (Å²) < 4.78 is 1.81. The molecule has 0 radical (unpaired) electrons. The average molecular weight is 415 g/mol. The van der Waals surface area contributed by atoms with E-state index in [1.165, 1.54) is 70.6 Å². The second-order valence-electron chi connectivity index (χ2n) is 7.46. The zero-order chi connectivity index (χ0) is 15.6. The van der Waals surface area contributed by atoms with Crippen LogP contribution in [0.15, 0.2) is 11.4 Å². The van der Waals surface area contributed by atoms with Crippen molar-refractivity contribution in [1.82, 2.24) is 0 Å². The van der Waals surface area contributed by atoms with Crippen molar-refractivity contribution < 1.29 is 0 Å². The summed E-state index contributed by atoms with van der Waals surface area (Å²) in [6.45, 7) is 2.29. The van der Waals surface area contributed by atoms with E-state index in [1.807, 2.05) is 11.3 Å². The van der Waals surface area contributed by atoms with E-state index in [1.54, 1.807) is 8.46 Å². The monoisotopic (exact) mass is 416 g/mol. The molecule has 122 valence electrons. The van der Waals surface area contributed by atoms with Crippen LogP contribution in [-0.4, -0.2) is 18.4 Å². The zero-order valence-electron chi connectivity index (χ0n) is 14.8. The minimum absolute atomic E-state index is 1.34. The number of hydrogen-bond acceptors (Lipinski definition) is 1. The maximum atomic E-state index is 2.54. The molecule has 0 nitrogen and oxygen atoms in total. The van der Waals surface area contributed by atoms with Gasteiger partial charge in [0.05, 0.1) is 0 Å². The Morgan fingerprint density at radius 2 is 1.33 bits per heavy atom. The Bertz CT molecular complexity index is 362. The molecule has 1 heterocycles. The molecule has 0 aliphatic rings. The number of unbranched alkanes of at least 4 members (excludes halogenated alkanes) is 9. The van der Waals surface area contributed by atoms with Crippen LogP contribution in [0.3, 0.4) is 0 Å². The molecule has 0 saturated carbocycles. The minimum atomic E-state index is -1.83. The molecule has 0 spiro atoms. The van der Waals surface area contributed by atoms with Crippen molar-refractivity contribution in [3.8, 4) is 0 Å². The van der Waals surface area contributed by atoms with Gasteiger partial charge in [0.1, 0.15) is 0 Å². The van der Waals surface area contributed by atoms with Gasteiger partial charge in [0.2, 0.25) is 0 Å². The standard InChI is InChI=1S/C16H27S.3CH3.Sn/c1-2-3-4-5-6-7-8-9-10-11-12-16-13-14-17-15-16;;;;/h13-14H,2-12H2,1H3;3*1H3;. The van der Waals surface area contributed by atoms with Crippen molar-refractivity contribution in [2.24, 2.45) is 0 Å². The SMILES string of the molecule is CCCCCCCCCCCCc1ccs[c]1[Sn]([CH3])([CH3])[CH3]. The van der Waals surface area contributed by atoms with Crippen LogP contribution in [-0.2, 0) is 6.42 Å². The van der Waals surface area contributed by atoms with Crippen LogP contribution in [0, 0.1) is 0 Å². The number of thiophene rings is 1. The molecular formula is C19H36SSn. The van der Waals surface area contributed by atoms with Gasteiger partial charge in [-0.05, 0) is 0 Å². The molecule has 21 heavy (non-hydrogen) atoms. The Morgan fingerprint density at radius 1 is 0.810 bits per heavy atom. The summed E-state index contributed by atoms with van der Waals surface area (Å²) in [5.74, 6) is 0. The van der Waals surface area contributed by atoms with Crippen LogP contribution >= 0.6 is 11.3 Å². The van der Waals surface area contributed by atoms with Gasteiger partial charge in [0, 0.05) is 0 Å². The van der Waals surface area contributed by atoms with Gasteiger partial charge >= 0.3 is 129 Å². The second-order valence-corrected chi connectivity index (χ2v) is 23.7. The van der Waals surface area contributed by atoms with E-state index in [4.69, 9.17) is 0 Å². The topological polar surface area (TPSA) is 0 Å². The summed E-state index contributed by atoms with van der Waals surface area (Å²) in [4.78, 5) is 7.63. The first-order chi connectivity index (χ1) is 10.1. The summed E-state index contributed by atoms with van der Waals surface area (Å²) in [6.07, 6.45) is 15.7. The van der Waals surface area contributed by atoms with Crippen LogP contribution in [0.25, 0.3) is 0 Å². The fraction of sp³-hybridized carbons (Fsp3) is 0.789. The van der Waals surface area contributed by atoms with Crippen molar-refractivity contribution >= 4 is 32.6 Å². The molecule has 0 saturated heterocycles. The van der Waals surface area contributed by atoms with Gasteiger partial charge in [0.15, 0.2) is 0 Å². The first-order valence-electron chi connectivity index (χ1n) is 9.12. The Morgan fingerprint density at radius 3 is 1.86 bits per heavy atom. The molecule has 0 aliphatic heterocycles. The normalized spacial score (nSPS) is 12.0. The van der Waals surface area contributed by atoms with Gasteiger partial charge in [0.25, 0.3) is 0 Å². The van der Waals surface area contributed by atoms with Gasteiger partial charge in [-0.2, -0.15) is 0 Å². The van der Waals surface area contributed by atoms with E-state index < -0.39 is 18.4 Å². The van der Waals surface area contributed by atoms with Crippen LogP contribution in [0.1, 0.15) is 76.7 Å². The Hall–Kier alpha value is 0.499. The van der Waals surface area contributed by atoms with Crippen molar-refractivity contribution in [2.75, 3.05) is 0 Å². The van der Waals surface area contributed by atoms with E-state index in [-0.39, 0.29) is 0 Å². The van der Waals surface area contributed by atoms with Crippen LogP contribution in [0.4, 0.5) is 0 Å². The summed E-state index contributed by atoms with van der Waals surface area (Å²) in [6, 6.07) is 2.40. The zero-order valence-corrected chi connectivity index (χ0v) is 18.5. The third-order valence-corrected chi connectivity index (χ3v) is 14.9. The molecular weight excluding hydrogens is 379 g/mol. The molecule has 1 aromatic rings. The third-order valence-electron chi connectivity index (χ3n) is 4.23. The van der Waals surface area contributed by atoms with E-state index in [0.29, 0.717) is 0 Å². The second kappa shape index (κ2) is 11.1. The molecule has 0 N–H and O–H groups in total. The van der Waals surface area contributed by atoms with Gasteiger partial charge in [-0.15, -0.1) is 0 Å². The molecule has 0 aromatic carbocycles. The van der Waals surface area contributed by atoms with Gasteiger partial charge in [-0.1, -0.05) is 13.3 Å². The van der Waals surface area contributed by atoms with E-state index in [9.17, 15) is 0 Å². The van der Waals surface area contributed by atoms with Gasteiger partial charge in [-0.3, -0.25) is 0 Å². The first kappa shape index (κ1) is 19.5. The summed E-state index contributed by atoms with van der Waals surface area (Å²) >= 11 is 0.197. The van der Waals surface area contributed by atoms with E-state index >= 15 is 0 Å². The van der Waals surface area contributed by atoms with E-state index in [2.05, 4.69) is 33.2 Å². The molecule has 1 rings (SSSR count). The first-order valence-corrected chi connectivity index (χ1v) is 20.0. The molecule has 0 bridgehead atoms. The quantitative estimate of drug-likeness (QED) is 0.262. The summed E-state index contributed by atoms with van der Waals surface area (Å²) in [7, 11) is 0. The number of rotatable bonds is 12. The average Bonchev–Trinajstić information content (AvgIpc) is 2.89. The molecule has 1 aromatic heterocycles. The summed E-state index contributed by atoms with van der Waals surface area (Å²) in [5.41, 5.74) is 1.70. The number of aryl methyl sites for hydroxylation is 1. The van der Waals surface area contributed by atoms with Crippen molar-refractivity contribution in [3.63, 3.8) is 0 Å². The van der Waals surface area contributed by atoms with Crippen molar-refractivity contribution in [3.05, 3.63) is 17.0 Å². The molecule has 0 unspecified atom stereocenters. The maximum absolute atomic E-state index is 2.54. The fourth-order valence-corrected chi connectivity index (χ4v) is 11.0. The fourth-order valence-electron chi connectivity index (χ4n) is 2.99. The third kappa shape index (κ3) is 8.64. The number of hydrogen-bond donors (Lipinski definition) is 0. The van der Waals surface area contributed by atoms with Gasteiger partial charge < -0.3 is 0 Å². The van der Waals surface area contributed by atoms with Gasteiger partial charge in [-0.25, -0.2) is 0 Å². The van der Waals surface area contributed by atoms with Crippen molar-refractivity contribution in [2.45, 2.75) is 92.4 Å². The molecule has 0 amide bonds. The Labute approximate surface area is 141 Å². The van der Waals surface area contributed by atoms with Crippen LogP contribution < -0.4 is 2.89 Å². The molecule has 0 aliphatic carbocycles. The molecule has 0 atom stereocenters. The predicted molar refractivity (Wildman–Crippen MR) is 103 cm³/mol. The predicted octanol–water partition coefficient (Wildman–Crippen LogP) is 6.76.